The Morgan fingerprint density at radius 3 is 2.43 bits per heavy atom. The molecule has 0 radical (unpaired) electrons. The van der Waals surface area contributed by atoms with Gasteiger partial charge in [0.2, 0.25) is 5.91 Å². The maximum Gasteiger partial charge on any atom is 0.316 e. The van der Waals surface area contributed by atoms with Crippen LogP contribution in [0.4, 0.5) is 11.4 Å². The van der Waals surface area contributed by atoms with Crippen molar-refractivity contribution in [2.45, 2.75) is 20.8 Å². The summed E-state index contributed by atoms with van der Waals surface area (Å²) in [5.74, 6) is -1.01. The lowest BCUT2D eigenvalue weighted by Crippen LogP contribution is -2.22. The average molecular weight is 401 g/mol. The van der Waals surface area contributed by atoms with E-state index in [1.165, 1.54) is 0 Å². The molecule has 0 aliphatic rings. The first-order valence-corrected chi connectivity index (χ1v) is 9.96. The van der Waals surface area contributed by atoms with Gasteiger partial charge in [0.15, 0.2) is 6.61 Å². The summed E-state index contributed by atoms with van der Waals surface area (Å²) in [6.07, 6.45) is 0. The average Bonchev–Trinajstić information content (AvgIpc) is 2.64. The van der Waals surface area contributed by atoms with E-state index in [4.69, 9.17) is 4.74 Å². The largest absolute Gasteiger partial charge is 0.455 e. The van der Waals surface area contributed by atoms with Crippen LogP contribution in [0, 0.1) is 20.8 Å². The van der Waals surface area contributed by atoms with Crippen molar-refractivity contribution in [3.05, 3.63) is 59.2 Å². The Labute approximate surface area is 169 Å². The number of hydrogen-bond acceptors (Lipinski definition) is 5. The van der Waals surface area contributed by atoms with Crippen molar-refractivity contribution < 1.29 is 19.1 Å². The molecule has 0 spiro atoms. The van der Waals surface area contributed by atoms with E-state index < -0.39 is 11.9 Å². The molecule has 0 heterocycles. The summed E-state index contributed by atoms with van der Waals surface area (Å²) in [7, 11) is 0. The number of ether oxygens (including phenoxy) is 1. The van der Waals surface area contributed by atoms with Gasteiger partial charge in [-0.05, 0) is 55.7 Å². The zero-order valence-corrected chi connectivity index (χ0v) is 17.0. The van der Waals surface area contributed by atoms with Crippen molar-refractivity contribution in [2.75, 3.05) is 28.7 Å². The van der Waals surface area contributed by atoms with Crippen molar-refractivity contribution in [1.82, 2.24) is 0 Å². The van der Waals surface area contributed by atoms with Crippen LogP contribution in [-0.4, -0.2) is 35.9 Å². The van der Waals surface area contributed by atoms with Crippen LogP contribution in [-0.2, 0) is 19.1 Å². The predicted octanol–water partition coefficient (Wildman–Crippen LogP) is 3.47. The molecule has 2 N–H and O–H groups in total. The number of amides is 2. The number of hydrogen-bond donors (Lipinski definition) is 2. The molecule has 2 aromatic carbocycles. The van der Waals surface area contributed by atoms with E-state index in [1.807, 2.05) is 51.1 Å². The Hall–Kier alpha value is -2.80. The van der Waals surface area contributed by atoms with E-state index in [1.54, 1.807) is 12.1 Å². The topological polar surface area (TPSA) is 84.5 Å². The van der Waals surface area contributed by atoms with Crippen LogP contribution in [0.15, 0.2) is 42.5 Å². The van der Waals surface area contributed by atoms with Gasteiger partial charge in [0.05, 0.1) is 11.5 Å². The highest BCUT2D eigenvalue weighted by atomic mass is 32.2. The van der Waals surface area contributed by atoms with Gasteiger partial charge in [-0.15, -0.1) is 11.8 Å². The fraction of sp³-hybridized carbons (Fsp3) is 0.286. The van der Waals surface area contributed by atoms with Crippen LogP contribution in [0.5, 0.6) is 0 Å². The molecule has 0 atom stereocenters. The van der Waals surface area contributed by atoms with Gasteiger partial charge in [0, 0.05) is 11.4 Å². The van der Waals surface area contributed by atoms with Gasteiger partial charge in [-0.3, -0.25) is 14.4 Å². The molecule has 2 rings (SSSR count). The fourth-order valence-corrected chi connectivity index (χ4v) is 3.02. The first kappa shape index (κ1) is 21.5. The summed E-state index contributed by atoms with van der Waals surface area (Å²) < 4.78 is 4.96. The SMILES string of the molecule is Cc1cccc(NC(=O)CSCC(=O)OCC(=O)Nc2cccc(C)c2C)c1. The maximum atomic E-state index is 11.9. The number of esters is 1. The van der Waals surface area contributed by atoms with Gasteiger partial charge in [-0.25, -0.2) is 0 Å². The quantitative estimate of drug-likeness (QED) is 0.663. The molecule has 0 saturated carbocycles. The second kappa shape index (κ2) is 10.5. The Morgan fingerprint density at radius 2 is 1.68 bits per heavy atom. The van der Waals surface area contributed by atoms with E-state index in [0.29, 0.717) is 5.69 Å². The highest BCUT2D eigenvalue weighted by Crippen LogP contribution is 2.17. The molecule has 7 heteroatoms. The van der Waals surface area contributed by atoms with Crippen molar-refractivity contribution in [2.24, 2.45) is 0 Å². The number of anilines is 2. The van der Waals surface area contributed by atoms with Crippen LogP contribution in [0.1, 0.15) is 16.7 Å². The summed E-state index contributed by atoms with van der Waals surface area (Å²) in [6, 6.07) is 13.1. The fourth-order valence-electron chi connectivity index (χ4n) is 2.41. The van der Waals surface area contributed by atoms with Gasteiger partial charge in [0.25, 0.3) is 5.91 Å². The number of carbonyl (C=O) groups excluding carboxylic acids is 3. The zero-order chi connectivity index (χ0) is 20.5. The Balaban J connectivity index is 1.66. The number of thioether (sulfide) groups is 1. The maximum absolute atomic E-state index is 11.9. The molecule has 0 saturated heterocycles. The molecular formula is C21H24N2O4S. The third kappa shape index (κ3) is 7.08. The van der Waals surface area contributed by atoms with Gasteiger partial charge in [0.1, 0.15) is 0 Å². The highest BCUT2D eigenvalue weighted by Gasteiger charge is 2.11. The summed E-state index contributed by atoms with van der Waals surface area (Å²) >= 11 is 1.13. The zero-order valence-electron chi connectivity index (χ0n) is 16.2. The third-order valence-corrected chi connectivity index (χ3v) is 4.90. The number of benzene rings is 2. The molecule has 0 fully saturated rings. The van der Waals surface area contributed by atoms with Crippen LogP contribution in [0.2, 0.25) is 0 Å². The van der Waals surface area contributed by atoms with Crippen LogP contribution in [0.3, 0.4) is 0 Å². The van der Waals surface area contributed by atoms with Crippen LogP contribution >= 0.6 is 11.8 Å². The number of aryl methyl sites for hydroxylation is 2. The van der Waals surface area contributed by atoms with Crippen molar-refractivity contribution in [3.8, 4) is 0 Å². The lowest BCUT2D eigenvalue weighted by Gasteiger charge is -2.10. The normalized spacial score (nSPS) is 10.2. The van der Waals surface area contributed by atoms with E-state index in [2.05, 4.69) is 10.6 Å². The third-order valence-electron chi connectivity index (χ3n) is 4.00. The molecule has 148 valence electrons. The van der Waals surface area contributed by atoms with Gasteiger partial charge in [-0.1, -0.05) is 24.3 Å². The smallest absolute Gasteiger partial charge is 0.316 e. The molecule has 0 unspecified atom stereocenters. The minimum atomic E-state index is -0.538. The standard InChI is InChI=1S/C21H24N2O4S/c1-14-6-4-8-17(10-14)22-20(25)12-28-13-21(26)27-11-19(24)23-18-9-5-7-15(2)16(18)3/h4-10H,11-13H2,1-3H3,(H,22,25)(H,23,24). The van der Waals surface area contributed by atoms with Gasteiger partial charge < -0.3 is 15.4 Å². The summed E-state index contributed by atoms with van der Waals surface area (Å²) in [5.41, 5.74) is 4.50. The van der Waals surface area contributed by atoms with Crippen LogP contribution in [0.25, 0.3) is 0 Å². The number of rotatable bonds is 8. The van der Waals surface area contributed by atoms with E-state index >= 15 is 0 Å². The first-order chi connectivity index (χ1) is 13.3. The molecule has 0 bridgehead atoms. The lowest BCUT2D eigenvalue weighted by atomic mass is 10.1. The number of carbonyl (C=O) groups is 3. The Kier molecular flexibility index (Phi) is 8.07. The molecule has 28 heavy (non-hydrogen) atoms. The van der Waals surface area contributed by atoms with Gasteiger partial charge in [-0.2, -0.15) is 0 Å². The minimum Gasteiger partial charge on any atom is -0.455 e. The second-order valence-corrected chi connectivity index (χ2v) is 7.35. The van der Waals surface area contributed by atoms with Crippen molar-refractivity contribution >= 4 is 40.9 Å². The molecule has 2 amide bonds. The van der Waals surface area contributed by atoms with Crippen molar-refractivity contribution in [3.63, 3.8) is 0 Å². The molecule has 2 aromatic rings. The summed E-state index contributed by atoms with van der Waals surface area (Å²) in [6.45, 7) is 5.45. The number of nitrogens with one attached hydrogen (secondary N) is 2. The van der Waals surface area contributed by atoms with Crippen molar-refractivity contribution in [1.29, 1.82) is 0 Å². The molecule has 0 aromatic heterocycles. The van der Waals surface area contributed by atoms with Gasteiger partial charge >= 0.3 is 5.97 Å². The molecule has 0 aliphatic heterocycles. The second-order valence-electron chi connectivity index (χ2n) is 6.37. The Morgan fingerprint density at radius 1 is 0.929 bits per heavy atom. The summed E-state index contributed by atoms with van der Waals surface area (Å²) in [5, 5.41) is 5.49. The lowest BCUT2D eigenvalue weighted by molar-refractivity contribution is -0.144. The van der Waals surface area contributed by atoms with Crippen LogP contribution < -0.4 is 10.6 Å². The monoisotopic (exact) mass is 400 g/mol. The summed E-state index contributed by atoms with van der Waals surface area (Å²) in [4.78, 5) is 35.6. The molecule has 6 nitrogen and oxygen atoms in total. The van der Waals surface area contributed by atoms with E-state index in [-0.39, 0.29) is 24.0 Å². The molecule has 0 aliphatic carbocycles. The molecular weight excluding hydrogens is 376 g/mol. The highest BCUT2D eigenvalue weighted by molar-refractivity contribution is 8.00. The first-order valence-electron chi connectivity index (χ1n) is 8.81. The van der Waals surface area contributed by atoms with E-state index in [0.717, 1.165) is 34.1 Å². The predicted molar refractivity (Wildman–Crippen MR) is 113 cm³/mol. The Bertz CT molecular complexity index is 867. The van der Waals surface area contributed by atoms with E-state index in [9.17, 15) is 14.4 Å². The minimum absolute atomic E-state index is 0.00199.